The lowest BCUT2D eigenvalue weighted by Gasteiger charge is -2.12. The average Bonchev–Trinajstić information content (AvgIpc) is 3.03. The van der Waals surface area contributed by atoms with Gasteiger partial charge in [-0.1, -0.05) is 48.6 Å². The van der Waals surface area contributed by atoms with Crippen molar-refractivity contribution in [1.29, 1.82) is 0 Å². The van der Waals surface area contributed by atoms with Crippen molar-refractivity contribution >= 4 is 27.6 Å². The van der Waals surface area contributed by atoms with Crippen LogP contribution in [-0.2, 0) is 23.8 Å². The first-order valence-electron chi connectivity index (χ1n) is 7.63. The summed E-state index contributed by atoms with van der Waals surface area (Å²) in [5.41, 5.74) is 1.89. The first-order chi connectivity index (χ1) is 12.3. The second-order valence-electron chi connectivity index (χ2n) is 5.39. The molecule has 0 bridgehead atoms. The molecule has 1 amide bonds. The molecule has 3 aromatic rings. The van der Waals surface area contributed by atoms with Crippen molar-refractivity contribution in [2.24, 2.45) is 0 Å². The highest BCUT2D eigenvalue weighted by Crippen LogP contribution is 2.33. The number of aromatic nitrogens is 3. The molecule has 1 aromatic carbocycles. The van der Waals surface area contributed by atoms with Crippen LogP contribution in [0.2, 0.25) is 0 Å². The number of rotatable bonds is 4. The van der Waals surface area contributed by atoms with Crippen LogP contribution in [0, 0.1) is 0 Å². The lowest BCUT2D eigenvalue weighted by molar-refractivity contribution is -0.137. The van der Waals surface area contributed by atoms with Crippen LogP contribution in [0.4, 0.5) is 13.2 Å². The minimum absolute atomic E-state index is 0.0132. The van der Waals surface area contributed by atoms with Gasteiger partial charge in [-0.15, -0.1) is 0 Å². The number of hydrogen-bond acceptors (Lipinski definition) is 5. The lowest BCUT2D eigenvalue weighted by atomic mass is 10.1. The molecule has 0 saturated carbocycles. The van der Waals surface area contributed by atoms with E-state index in [-0.39, 0.29) is 23.5 Å². The Bertz CT molecular complexity index is 1010. The van der Waals surface area contributed by atoms with Gasteiger partial charge in [0.25, 0.3) is 5.56 Å². The van der Waals surface area contributed by atoms with Gasteiger partial charge in [0.05, 0.1) is 6.42 Å². The monoisotopic (exact) mass is 382 g/mol. The van der Waals surface area contributed by atoms with Gasteiger partial charge in [0, 0.05) is 6.42 Å². The van der Waals surface area contributed by atoms with Crippen LogP contribution < -0.4 is 11.0 Å². The zero-order valence-corrected chi connectivity index (χ0v) is 14.3. The van der Waals surface area contributed by atoms with Crippen LogP contribution >= 0.6 is 11.3 Å². The Kier molecular flexibility index (Phi) is 4.77. The van der Waals surface area contributed by atoms with Gasteiger partial charge in [-0.25, -0.2) is 14.6 Å². The van der Waals surface area contributed by atoms with Crippen LogP contribution in [0.3, 0.4) is 0 Å². The quantitative estimate of drug-likeness (QED) is 0.753. The number of carbonyl (C=O) groups excluding carboxylic acids is 1. The standard InChI is InChI=1S/C16H13F3N4O2S/c1-2-10-20-13-12(21-15(26-13)16(17,18)19)14(25)23(10)22-11(24)8-9-6-4-3-5-7-9/h3-7H,2,8H2,1H3,(H,22,24). The van der Waals surface area contributed by atoms with E-state index >= 15 is 0 Å². The minimum Gasteiger partial charge on any atom is -0.273 e. The van der Waals surface area contributed by atoms with Crippen LogP contribution in [0.25, 0.3) is 10.3 Å². The molecule has 2 aromatic heterocycles. The van der Waals surface area contributed by atoms with Gasteiger partial charge < -0.3 is 0 Å². The molecule has 0 aliphatic heterocycles. The summed E-state index contributed by atoms with van der Waals surface area (Å²) in [7, 11) is 0. The molecule has 0 saturated heterocycles. The summed E-state index contributed by atoms with van der Waals surface area (Å²) in [5, 5.41) is -1.15. The van der Waals surface area contributed by atoms with E-state index < -0.39 is 28.2 Å². The van der Waals surface area contributed by atoms with Crippen molar-refractivity contribution in [1.82, 2.24) is 14.6 Å². The number of benzene rings is 1. The third-order valence-electron chi connectivity index (χ3n) is 3.51. The summed E-state index contributed by atoms with van der Waals surface area (Å²) in [4.78, 5) is 32.0. The molecule has 10 heteroatoms. The zero-order chi connectivity index (χ0) is 18.9. The molecule has 0 fully saturated rings. The van der Waals surface area contributed by atoms with E-state index in [0.717, 1.165) is 10.2 Å². The molecule has 3 rings (SSSR count). The highest BCUT2D eigenvalue weighted by atomic mass is 32.1. The first kappa shape index (κ1) is 18.1. The van der Waals surface area contributed by atoms with Crippen molar-refractivity contribution < 1.29 is 18.0 Å². The maximum atomic E-state index is 12.8. The average molecular weight is 382 g/mol. The molecule has 0 unspecified atom stereocenters. The van der Waals surface area contributed by atoms with E-state index in [1.807, 2.05) is 0 Å². The largest absolute Gasteiger partial charge is 0.443 e. The Morgan fingerprint density at radius 1 is 1.23 bits per heavy atom. The number of hydrogen-bond donors (Lipinski definition) is 1. The van der Waals surface area contributed by atoms with Gasteiger partial charge in [-0.3, -0.25) is 15.0 Å². The normalized spacial score (nSPS) is 11.7. The minimum atomic E-state index is -4.66. The molecule has 0 spiro atoms. The molecule has 0 atom stereocenters. The first-order valence-corrected chi connectivity index (χ1v) is 8.44. The maximum absolute atomic E-state index is 12.8. The van der Waals surface area contributed by atoms with E-state index in [1.54, 1.807) is 37.3 Å². The second kappa shape index (κ2) is 6.87. The SMILES string of the molecule is CCc1nc2sc(C(F)(F)F)nc2c(=O)n1NC(=O)Cc1ccccc1. The number of thiazole rings is 1. The number of halogens is 3. The van der Waals surface area contributed by atoms with Gasteiger partial charge in [0.15, 0.2) is 10.3 Å². The molecule has 1 N–H and O–H groups in total. The third-order valence-corrected chi connectivity index (χ3v) is 4.50. The van der Waals surface area contributed by atoms with E-state index in [4.69, 9.17) is 0 Å². The van der Waals surface area contributed by atoms with Crippen molar-refractivity contribution in [3.05, 3.63) is 57.1 Å². The summed E-state index contributed by atoms with van der Waals surface area (Å²) in [5.74, 6) is -0.332. The fourth-order valence-electron chi connectivity index (χ4n) is 2.34. The fraction of sp³-hybridized carbons (Fsp3) is 0.250. The third kappa shape index (κ3) is 3.59. The van der Waals surface area contributed by atoms with Crippen LogP contribution in [0.5, 0.6) is 0 Å². The summed E-state index contributed by atoms with van der Waals surface area (Å²) >= 11 is 0.305. The van der Waals surface area contributed by atoms with Crippen molar-refractivity contribution in [2.45, 2.75) is 25.9 Å². The highest BCUT2D eigenvalue weighted by molar-refractivity contribution is 7.18. The number of alkyl halides is 3. The maximum Gasteiger partial charge on any atom is 0.443 e. The number of fused-ring (bicyclic) bond motifs is 1. The van der Waals surface area contributed by atoms with Gasteiger partial charge >= 0.3 is 6.18 Å². The molecule has 2 heterocycles. The Hall–Kier alpha value is -2.75. The number of nitrogens with one attached hydrogen (secondary N) is 1. The molecule has 26 heavy (non-hydrogen) atoms. The van der Waals surface area contributed by atoms with Crippen molar-refractivity contribution in [3.8, 4) is 0 Å². The summed E-state index contributed by atoms with van der Waals surface area (Å²) in [6.45, 7) is 1.68. The van der Waals surface area contributed by atoms with E-state index in [0.29, 0.717) is 11.3 Å². The lowest BCUT2D eigenvalue weighted by Crippen LogP contribution is -2.37. The topological polar surface area (TPSA) is 76.9 Å². The number of carbonyl (C=O) groups is 1. The number of aryl methyl sites for hydroxylation is 1. The fourth-order valence-corrected chi connectivity index (χ4v) is 3.15. The van der Waals surface area contributed by atoms with Crippen LogP contribution in [0.15, 0.2) is 35.1 Å². The van der Waals surface area contributed by atoms with Crippen LogP contribution in [-0.4, -0.2) is 20.6 Å². The molecule has 6 nitrogen and oxygen atoms in total. The second-order valence-corrected chi connectivity index (χ2v) is 6.37. The smallest absolute Gasteiger partial charge is 0.273 e. The molecule has 136 valence electrons. The molecule has 0 aliphatic carbocycles. The van der Waals surface area contributed by atoms with E-state index in [9.17, 15) is 22.8 Å². The Labute approximate surface area is 149 Å². The van der Waals surface area contributed by atoms with Crippen LogP contribution in [0.1, 0.15) is 23.3 Å². The van der Waals surface area contributed by atoms with Gasteiger partial charge in [0.2, 0.25) is 10.9 Å². The van der Waals surface area contributed by atoms with Gasteiger partial charge in [-0.2, -0.15) is 13.2 Å². The predicted octanol–water partition coefficient (Wildman–Crippen LogP) is 2.75. The summed E-state index contributed by atoms with van der Waals surface area (Å²) < 4.78 is 39.4. The Morgan fingerprint density at radius 3 is 2.54 bits per heavy atom. The molecular formula is C16H13F3N4O2S. The molecular weight excluding hydrogens is 369 g/mol. The summed E-state index contributed by atoms with van der Waals surface area (Å²) in [6, 6.07) is 8.85. The zero-order valence-electron chi connectivity index (χ0n) is 13.5. The van der Waals surface area contributed by atoms with Gasteiger partial charge in [-0.05, 0) is 5.56 Å². The Morgan fingerprint density at radius 2 is 1.92 bits per heavy atom. The molecule has 0 aliphatic rings. The number of amides is 1. The van der Waals surface area contributed by atoms with E-state index in [1.165, 1.54) is 0 Å². The Balaban J connectivity index is 1.98. The van der Waals surface area contributed by atoms with Crippen molar-refractivity contribution in [2.75, 3.05) is 5.43 Å². The summed E-state index contributed by atoms with van der Waals surface area (Å²) in [6.07, 6.45) is -4.40. The van der Waals surface area contributed by atoms with Gasteiger partial charge in [0.1, 0.15) is 5.82 Å². The van der Waals surface area contributed by atoms with Crippen molar-refractivity contribution in [3.63, 3.8) is 0 Å². The number of nitrogens with zero attached hydrogens (tertiary/aromatic N) is 3. The molecule has 0 radical (unpaired) electrons. The van der Waals surface area contributed by atoms with E-state index in [2.05, 4.69) is 15.4 Å². The predicted molar refractivity (Wildman–Crippen MR) is 90.6 cm³/mol. The highest BCUT2D eigenvalue weighted by Gasteiger charge is 2.36.